The van der Waals surface area contributed by atoms with Gasteiger partial charge in [0.05, 0.1) is 11.5 Å². The van der Waals surface area contributed by atoms with Crippen LogP contribution in [0.2, 0.25) is 0 Å². The molecule has 1 aliphatic heterocycles. The van der Waals surface area contributed by atoms with Gasteiger partial charge in [-0.1, -0.05) is 32.9 Å². The minimum Gasteiger partial charge on any atom is -0.481 e. The van der Waals surface area contributed by atoms with Crippen LogP contribution in [-0.4, -0.2) is 49.4 Å². The Balaban J connectivity index is 2.18. The number of carbonyl (C=O) groups is 1. The number of amides is 1. The molecule has 146 valence electrons. The molecule has 5 nitrogen and oxygen atoms in total. The lowest BCUT2D eigenvalue weighted by Crippen LogP contribution is -2.47. The summed E-state index contributed by atoms with van der Waals surface area (Å²) in [5, 5.41) is 0. The van der Waals surface area contributed by atoms with E-state index in [0.29, 0.717) is 18.9 Å². The highest BCUT2D eigenvalue weighted by Gasteiger charge is 2.36. The second-order valence-corrected chi connectivity index (χ2v) is 9.77. The van der Waals surface area contributed by atoms with E-state index in [1.165, 1.54) is 0 Å². The standard InChI is InChI=1S/C20H31NO4S/c1-6-10-21(17-9-11-26(23,24)13-17)20(22)16(5)25-19-12-15(4)7-8-18(19)14(2)3/h7-8,12,14,16-17H,6,9-11,13H2,1-5H3. The van der Waals surface area contributed by atoms with Crippen LogP contribution in [0.5, 0.6) is 5.75 Å². The zero-order valence-electron chi connectivity index (χ0n) is 16.5. The van der Waals surface area contributed by atoms with Gasteiger partial charge in [-0.05, 0) is 49.8 Å². The number of ether oxygens (including phenoxy) is 1. The van der Waals surface area contributed by atoms with Gasteiger partial charge in [0, 0.05) is 12.6 Å². The van der Waals surface area contributed by atoms with Crippen molar-refractivity contribution in [3.63, 3.8) is 0 Å². The summed E-state index contributed by atoms with van der Waals surface area (Å²) in [5.41, 5.74) is 2.15. The molecule has 2 rings (SSSR count). The molecule has 0 radical (unpaired) electrons. The van der Waals surface area contributed by atoms with Crippen LogP contribution in [-0.2, 0) is 14.6 Å². The third kappa shape index (κ3) is 5.00. The first-order valence-corrected chi connectivity index (χ1v) is 11.2. The fourth-order valence-corrected chi connectivity index (χ4v) is 5.16. The van der Waals surface area contributed by atoms with Crippen molar-refractivity contribution in [1.29, 1.82) is 0 Å². The Kier molecular flexibility index (Phi) is 6.72. The molecule has 1 aliphatic rings. The molecule has 2 unspecified atom stereocenters. The Morgan fingerprint density at radius 3 is 2.54 bits per heavy atom. The predicted molar refractivity (Wildman–Crippen MR) is 104 cm³/mol. The first kappa shape index (κ1) is 20.7. The lowest BCUT2D eigenvalue weighted by Gasteiger charge is -2.31. The quantitative estimate of drug-likeness (QED) is 0.727. The molecule has 0 aromatic heterocycles. The molecule has 1 aromatic rings. The van der Waals surface area contributed by atoms with E-state index in [9.17, 15) is 13.2 Å². The minimum absolute atomic E-state index is 0.0626. The van der Waals surface area contributed by atoms with Crippen molar-refractivity contribution in [2.75, 3.05) is 18.1 Å². The van der Waals surface area contributed by atoms with Crippen LogP contribution >= 0.6 is 0 Å². The SMILES string of the molecule is CCCN(C(=O)C(C)Oc1cc(C)ccc1C(C)C)C1CCS(=O)(=O)C1. The smallest absolute Gasteiger partial charge is 0.263 e. The molecule has 2 atom stereocenters. The van der Waals surface area contributed by atoms with Crippen molar-refractivity contribution >= 4 is 15.7 Å². The van der Waals surface area contributed by atoms with Crippen LogP contribution in [0.15, 0.2) is 18.2 Å². The van der Waals surface area contributed by atoms with Crippen LogP contribution in [0.25, 0.3) is 0 Å². The fourth-order valence-electron chi connectivity index (χ4n) is 3.43. The van der Waals surface area contributed by atoms with Crippen LogP contribution in [0.1, 0.15) is 57.6 Å². The zero-order valence-corrected chi connectivity index (χ0v) is 17.3. The van der Waals surface area contributed by atoms with E-state index in [-0.39, 0.29) is 23.5 Å². The maximum Gasteiger partial charge on any atom is 0.263 e. The Bertz CT molecular complexity index is 742. The molecule has 0 saturated carbocycles. The molecular formula is C20H31NO4S. The van der Waals surface area contributed by atoms with Gasteiger partial charge in [-0.25, -0.2) is 8.42 Å². The van der Waals surface area contributed by atoms with E-state index in [1.54, 1.807) is 11.8 Å². The molecule has 0 spiro atoms. The Hall–Kier alpha value is -1.56. The topological polar surface area (TPSA) is 63.7 Å². The second-order valence-electron chi connectivity index (χ2n) is 7.54. The molecule has 1 saturated heterocycles. The molecule has 1 heterocycles. The largest absolute Gasteiger partial charge is 0.481 e. The van der Waals surface area contributed by atoms with Gasteiger partial charge < -0.3 is 9.64 Å². The monoisotopic (exact) mass is 381 g/mol. The second kappa shape index (κ2) is 8.42. The van der Waals surface area contributed by atoms with Crippen molar-refractivity contribution in [2.24, 2.45) is 0 Å². The van der Waals surface area contributed by atoms with E-state index in [1.807, 2.05) is 32.0 Å². The van der Waals surface area contributed by atoms with E-state index < -0.39 is 15.9 Å². The summed E-state index contributed by atoms with van der Waals surface area (Å²) in [6.45, 7) is 10.5. The van der Waals surface area contributed by atoms with Gasteiger partial charge in [0.15, 0.2) is 15.9 Å². The van der Waals surface area contributed by atoms with E-state index in [4.69, 9.17) is 4.74 Å². The van der Waals surface area contributed by atoms with Crippen molar-refractivity contribution < 1.29 is 17.9 Å². The number of rotatable bonds is 7. The summed E-state index contributed by atoms with van der Waals surface area (Å²) < 4.78 is 29.7. The number of carbonyl (C=O) groups excluding carboxylic acids is 1. The summed E-state index contributed by atoms with van der Waals surface area (Å²) in [6.07, 6.45) is 0.656. The van der Waals surface area contributed by atoms with Gasteiger partial charge >= 0.3 is 0 Å². The van der Waals surface area contributed by atoms with Gasteiger partial charge in [-0.15, -0.1) is 0 Å². The van der Waals surface area contributed by atoms with Gasteiger partial charge in [0.1, 0.15) is 5.75 Å². The molecule has 1 aromatic carbocycles. The van der Waals surface area contributed by atoms with Gasteiger partial charge in [-0.2, -0.15) is 0 Å². The molecule has 0 aliphatic carbocycles. The van der Waals surface area contributed by atoms with Crippen molar-refractivity contribution in [3.8, 4) is 5.75 Å². The Labute approximate surface area is 157 Å². The van der Waals surface area contributed by atoms with Gasteiger partial charge in [0.25, 0.3) is 5.91 Å². The summed E-state index contributed by atoms with van der Waals surface area (Å²) in [4.78, 5) is 14.7. The summed E-state index contributed by atoms with van der Waals surface area (Å²) in [7, 11) is -3.04. The first-order valence-electron chi connectivity index (χ1n) is 9.42. The predicted octanol–water partition coefficient (Wildman–Crippen LogP) is 3.31. The van der Waals surface area contributed by atoms with Crippen LogP contribution in [0, 0.1) is 6.92 Å². The number of hydrogen-bond donors (Lipinski definition) is 0. The summed E-state index contributed by atoms with van der Waals surface area (Å²) in [5.74, 6) is 1.12. The van der Waals surface area contributed by atoms with E-state index in [0.717, 1.165) is 23.3 Å². The Morgan fingerprint density at radius 1 is 1.31 bits per heavy atom. The summed E-state index contributed by atoms with van der Waals surface area (Å²) in [6, 6.07) is 5.81. The summed E-state index contributed by atoms with van der Waals surface area (Å²) >= 11 is 0. The van der Waals surface area contributed by atoms with Crippen molar-refractivity contribution in [3.05, 3.63) is 29.3 Å². The highest BCUT2D eigenvalue weighted by atomic mass is 32.2. The number of nitrogens with zero attached hydrogens (tertiary/aromatic N) is 1. The molecule has 0 bridgehead atoms. The molecule has 6 heteroatoms. The van der Waals surface area contributed by atoms with Gasteiger partial charge in [-0.3, -0.25) is 4.79 Å². The van der Waals surface area contributed by atoms with Crippen molar-refractivity contribution in [1.82, 2.24) is 4.90 Å². The molecule has 1 amide bonds. The molecule has 0 N–H and O–H groups in total. The average molecular weight is 382 g/mol. The Morgan fingerprint density at radius 2 is 2.00 bits per heavy atom. The molecule has 1 fully saturated rings. The normalized spacial score (nSPS) is 20.2. The fraction of sp³-hybridized carbons (Fsp3) is 0.650. The maximum absolute atomic E-state index is 13.0. The highest BCUT2D eigenvalue weighted by Crippen LogP contribution is 2.29. The number of hydrogen-bond acceptors (Lipinski definition) is 4. The van der Waals surface area contributed by atoms with E-state index in [2.05, 4.69) is 13.8 Å². The van der Waals surface area contributed by atoms with Crippen LogP contribution in [0.3, 0.4) is 0 Å². The number of sulfone groups is 1. The van der Waals surface area contributed by atoms with E-state index >= 15 is 0 Å². The highest BCUT2D eigenvalue weighted by molar-refractivity contribution is 7.91. The molecular weight excluding hydrogens is 350 g/mol. The molecule has 26 heavy (non-hydrogen) atoms. The minimum atomic E-state index is -3.04. The third-order valence-electron chi connectivity index (χ3n) is 4.84. The maximum atomic E-state index is 13.0. The van der Waals surface area contributed by atoms with Crippen LogP contribution < -0.4 is 4.74 Å². The number of aryl methyl sites for hydroxylation is 1. The van der Waals surface area contributed by atoms with Crippen molar-refractivity contribution in [2.45, 2.75) is 65.5 Å². The number of benzene rings is 1. The zero-order chi connectivity index (χ0) is 19.5. The first-order chi connectivity index (χ1) is 12.1. The average Bonchev–Trinajstić information content (AvgIpc) is 2.91. The van der Waals surface area contributed by atoms with Crippen LogP contribution in [0.4, 0.5) is 0 Å². The van der Waals surface area contributed by atoms with Gasteiger partial charge in [0.2, 0.25) is 0 Å². The third-order valence-corrected chi connectivity index (χ3v) is 6.59. The lowest BCUT2D eigenvalue weighted by atomic mass is 10.0. The lowest BCUT2D eigenvalue weighted by molar-refractivity contribution is -0.140.